The van der Waals surface area contributed by atoms with Gasteiger partial charge < -0.3 is 10.2 Å². The Morgan fingerprint density at radius 1 is 0.519 bits per heavy atom. The van der Waals surface area contributed by atoms with Gasteiger partial charge in [0.25, 0.3) is 11.8 Å². The molecule has 0 spiro atoms. The van der Waals surface area contributed by atoms with Crippen LogP contribution in [-0.4, -0.2) is 33.8 Å². The summed E-state index contributed by atoms with van der Waals surface area (Å²) in [4.78, 5) is 52.8. The topological polar surface area (TPSA) is 157 Å². The maximum absolute atomic E-state index is 13.5. The summed E-state index contributed by atoms with van der Waals surface area (Å²) in [5, 5.41) is 21.6. The summed E-state index contributed by atoms with van der Waals surface area (Å²) < 4.78 is 0. The molecule has 0 aromatic heterocycles. The fraction of sp³-hybridized carbons (Fsp3) is 0.619. The van der Waals surface area contributed by atoms with E-state index in [1.807, 2.05) is 0 Å². The normalized spacial score (nSPS) is 12.2. The summed E-state index contributed by atoms with van der Waals surface area (Å²) in [7, 11) is 0. The summed E-state index contributed by atoms with van der Waals surface area (Å²) in [6, 6.07) is 10.0. The molecule has 52 heavy (non-hydrogen) atoms. The molecule has 2 rings (SSSR count). The number of para-hydroxylation sites is 2. The second-order valence-corrected chi connectivity index (χ2v) is 14.1. The van der Waals surface area contributed by atoms with E-state index in [0.29, 0.717) is 36.8 Å². The van der Waals surface area contributed by atoms with Crippen LogP contribution in [0, 0.1) is 11.8 Å². The molecule has 0 aliphatic carbocycles. The van der Waals surface area contributed by atoms with Crippen molar-refractivity contribution < 1.29 is 29.4 Å². The third-order valence-electron chi connectivity index (χ3n) is 9.90. The molecule has 2 aromatic carbocycles. The van der Waals surface area contributed by atoms with Gasteiger partial charge >= 0.3 is 0 Å². The smallest absolute Gasteiger partial charge is 0.273 e. The molecule has 2 unspecified atom stereocenters. The molecule has 0 fully saturated rings. The van der Waals surface area contributed by atoms with Crippen molar-refractivity contribution in [1.29, 1.82) is 0 Å². The number of unbranched alkanes of at least 4 members (excludes halogenated alkanes) is 14. The number of benzene rings is 2. The van der Waals surface area contributed by atoms with Gasteiger partial charge in [-0.05, 0) is 55.4 Å². The van der Waals surface area contributed by atoms with Crippen LogP contribution in [0.25, 0.3) is 0 Å². The molecule has 10 nitrogen and oxygen atoms in total. The molecule has 290 valence electrons. The Labute approximate surface area is 312 Å². The van der Waals surface area contributed by atoms with Crippen molar-refractivity contribution in [3.63, 3.8) is 0 Å². The van der Waals surface area contributed by atoms with Gasteiger partial charge in [0.05, 0.1) is 17.0 Å². The molecule has 2 atom stereocenters. The summed E-state index contributed by atoms with van der Waals surface area (Å²) in [5.74, 6) is -4.29. The number of aromatic hydroxyl groups is 2. The summed E-state index contributed by atoms with van der Waals surface area (Å²) in [6.45, 7) is 8.08. The minimum atomic E-state index is -0.856. The van der Waals surface area contributed by atoms with E-state index < -0.39 is 35.5 Å². The molecule has 10 heteroatoms. The number of hydrogen-bond donors (Lipinski definition) is 6. The molecule has 0 saturated heterocycles. The number of rotatable bonds is 25. The zero-order chi connectivity index (χ0) is 38.1. The molecular formula is C42H66N4O6. The molecule has 2 aromatic rings. The van der Waals surface area contributed by atoms with E-state index >= 15 is 0 Å². The molecule has 0 radical (unpaired) electrons. The number of carbonyl (C=O) groups excluding carboxylic acids is 4. The number of phenols is 2. The standard InChI is InChI=1S/C42H66N4O6/c1-5-8-11-14-17-19-24-32-26-22-29-35(37(32)47)41(51)45-43-39(49)31(4)34(28-21-16-13-10-7-3)40(50)44-46-42(52)36-30-23-27-33(38(36)48)25-20-18-15-12-9-6-2/h22-23,26-27,29-31,34,47-48H,5-21,24-25,28H2,1-4H3,(H,43,49)(H,44,50)(H,45,51)(H,46,52). The molecule has 4 amide bonds. The average molecular weight is 723 g/mol. The number of nitrogens with one attached hydrogen (secondary N) is 4. The predicted molar refractivity (Wildman–Crippen MR) is 208 cm³/mol. The Morgan fingerprint density at radius 3 is 1.35 bits per heavy atom. The average Bonchev–Trinajstić information content (AvgIpc) is 3.14. The van der Waals surface area contributed by atoms with E-state index in [0.717, 1.165) is 64.2 Å². The van der Waals surface area contributed by atoms with E-state index in [9.17, 15) is 29.4 Å². The highest BCUT2D eigenvalue weighted by atomic mass is 16.3. The van der Waals surface area contributed by atoms with Crippen molar-refractivity contribution in [3.8, 4) is 11.5 Å². The van der Waals surface area contributed by atoms with Crippen LogP contribution in [-0.2, 0) is 22.4 Å². The van der Waals surface area contributed by atoms with Crippen molar-refractivity contribution in [2.45, 2.75) is 156 Å². The highest BCUT2D eigenvalue weighted by Gasteiger charge is 2.31. The molecule has 0 saturated carbocycles. The van der Waals surface area contributed by atoms with Crippen LogP contribution in [0.1, 0.15) is 175 Å². The van der Waals surface area contributed by atoms with Crippen LogP contribution in [0.15, 0.2) is 36.4 Å². The largest absolute Gasteiger partial charge is 0.507 e. The first-order valence-electron chi connectivity index (χ1n) is 20.0. The summed E-state index contributed by atoms with van der Waals surface area (Å²) in [5.41, 5.74) is 11.2. The lowest BCUT2D eigenvalue weighted by atomic mass is 9.87. The highest BCUT2D eigenvalue weighted by molar-refractivity contribution is 5.99. The Bertz CT molecular complexity index is 1380. The molecule has 0 aliphatic heterocycles. The molecule has 6 N–H and O–H groups in total. The summed E-state index contributed by atoms with van der Waals surface area (Å²) in [6.07, 6.45) is 19.8. The van der Waals surface area contributed by atoms with E-state index in [-0.39, 0.29) is 22.6 Å². The lowest BCUT2D eigenvalue weighted by Crippen LogP contribution is -2.50. The minimum absolute atomic E-state index is 0.0589. The van der Waals surface area contributed by atoms with Gasteiger partial charge in [0.2, 0.25) is 11.8 Å². The lowest BCUT2D eigenvalue weighted by molar-refractivity contribution is -0.135. The van der Waals surface area contributed by atoms with Gasteiger partial charge in [0.1, 0.15) is 11.5 Å². The van der Waals surface area contributed by atoms with Crippen molar-refractivity contribution >= 4 is 23.6 Å². The van der Waals surface area contributed by atoms with Gasteiger partial charge in [-0.1, -0.05) is 148 Å². The Kier molecular flexibility index (Phi) is 21.9. The van der Waals surface area contributed by atoms with Crippen LogP contribution in [0.3, 0.4) is 0 Å². The van der Waals surface area contributed by atoms with Crippen LogP contribution in [0.4, 0.5) is 0 Å². The first kappa shape index (κ1) is 44.1. The van der Waals surface area contributed by atoms with Gasteiger partial charge in [-0.25, -0.2) is 0 Å². The monoisotopic (exact) mass is 722 g/mol. The maximum Gasteiger partial charge on any atom is 0.273 e. The lowest BCUT2D eigenvalue weighted by Gasteiger charge is -2.23. The molecule has 0 aliphatic rings. The van der Waals surface area contributed by atoms with E-state index in [1.165, 1.54) is 50.7 Å². The Balaban J connectivity index is 2.01. The maximum atomic E-state index is 13.5. The van der Waals surface area contributed by atoms with Crippen molar-refractivity contribution in [2.75, 3.05) is 0 Å². The highest BCUT2D eigenvalue weighted by Crippen LogP contribution is 2.26. The summed E-state index contributed by atoms with van der Waals surface area (Å²) >= 11 is 0. The van der Waals surface area contributed by atoms with E-state index in [2.05, 4.69) is 42.5 Å². The van der Waals surface area contributed by atoms with Crippen LogP contribution in [0.5, 0.6) is 11.5 Å². The van der Waals surface area contributed by atoms with Crippen molar-refractivity contribution in [1.82, 2.24) is 21.7 Å². The second-order valence-electron chi connectivity index (χ2n) is 14.1. The van der Waals surface area contributed by atoms with Crippen molar-refractivity contribution in [3.05, 3.63) is 58.7 Å². The van der Waals surface area contributed by atoms with Gasteiger partial charge in [-0.3, -0.25) is 40.9 Å². The Morgan fingerprint density at radius 2 is 0.904 bits per heavy atom. The third-order valence-corrected chi connectivity index (χ3v) is 9.90. The zero-order valence-electron chi connectivity index (χ0n) is 32.3. The minimum Gasteiger partial charge on any atom is -0.507 e. The second kappa shape index (κ2) is 25.8. The van der Waals surface area contributed by atoms with Gasteiger partial charge in [0, 0.05) is 5.92 Å². The predicted octanol–water partition coefficient (Wildman–Crippen LogP) is 8.74. The first-order valence-corrected chi connectivity index (χ1v) is 20.0. The third kappa shape index (κ3) is 15.7. The van der Waals surface area contributed by atoms with E-state index in [4.69, 9.17) is 0 Å². The quantitative estimate of drug-likeness (QED) is 0.0445. The number of hydrogen-bond acceptors (Lipinski definition) is 6. The number of phenolic OH excluding ortho intramolecular Hbond substituents is 2. The van der Waals surface area contributed by atoms with Crippen LogP contribution in [0.2, 0.25) is 0 Å². The fourth-order valence-corrected chi connectivity index (χ4v) is 6.48. The number of aryl methyl sites for hydroxylation is 2. The number of hydrazine groups is 2. The molecule has 0 heterocycles. The zero-order valence-corrected chi connectivity index (χ0v) is 32.3. The van der Waals surface area contributed by atoms with Crippen LogP contribution < -0.4 is 21.7 Å². The van der Waals surface area contributed by atoms with Gasteiger partial charge in [-0.2, -0.15) is 0 Å². The van der Waals surface area contributed by atoms with Crippen LogP contribution >= 0.6 is 0 Å². The SMILES string of the molecule is CCCCCCCCc1cccc(C(=O)NNC(=O)C(C)C(CCCCCCC)C(=O)NNC(=O)c2cccc(CCCCCCCC)c2O)c1O. The molecule has 0 bridgehead atoms. The van der Waals surface area contributed by atoms with Gasteiger partial charge in [-0.15, -0.1) is 0 Å². The van der Waals surface area contributed by atoms with E-state index in [1.54, 1.807) is 31.2 Å². The number of amides is 4. The first-order chi connectivity index (χ1) is 25.2. The number of carbonyl (C=O) groups is 4. The van der Waals surface area contributed by atoms with Crippen molar-refractivity contribution in [2.24, 2.45) is 11.8 Å². The Hall–Kier alpha value is -4.08. The molecular weight excluding hydrogens is 656 g/mol. The van der Waals surface area contributed by atoms with Gasteiger partial charge in [0.15, 0.2) is 0 Å². The fourth-order valence-electron chi connectivity index (χ4n) is 6.48.